The molecule has 5 nitrogen and oxygen atoms in total. The van der Waals surface area contributed by atoms with Gasteiger partial charge in [0.05, 0.1) is 0 Å². The van der Waals surface area contributed by atoms with E-state index in [0.29, 0.717) is 12.3 Å². The zero-order valence-electron chi connectivity index (χ0n) is 11.1. The molecule has 0 aromatic carbocycles. The van der Waals surface area contributed by atoms with Crippen molar-refractivity contribution in [3.63, 3.8) is 0 Å². The average Bonchev–Trinajstić information content (AvgIpc) is 2.68. The highest BCUT2D eigenvalue weighted by Gasteiger charge is 2.18. The SMILES string of the molecule is Cc1ccnc2c1nc(CCCl)n2C(C)CC(N)=O. The first-order valence-corrected chi connectivity index (χ1v) is 6.74. The molecule has 102 valence electrons. The van der Waals surface area contributed by atoms with E-state index < -0.39 is 0 Å². The van der Waals surface area contributed by atoms with E-state index in [9.17, 15) is 4.79 Å². The summed E-state index contributed by atoms with van der Waals surface area (Å²) in [4.78, 5) is 20.1. The Hall–Kier alpha value is -1.62. The normalized spacial score (nSPS) is 12.8. The van der Waals surface area contributed by atoms with E-state index in [1.165, 1.54) is 0 Å². The van der Waals surface area contributed by atoms with Gasteiger partial charge in [0.1, 0.15) is 11.3 Å². The molecule has 0 aliphatic heterocycles. The third-order valence-corrected chi connectivity index (χ3v) is 3.30. The molecule has 1 atom stereocenters. The van der Waals surface area contributed by atoms with Gasteiger partial charge in [-0.1, -0.05) is 0 Å². The van der Waals surface area contributed by atoms with Gasteiger partial charge in [-0.2, -0.15) is 0 Å². The van der Waals surface area contributed by atoms with Crippen molar-refractivity contribution in [3.8, 4) is 0 Å². The maximum atomic E-state index is 11.1. The van der Waals surface area contributed by atoms with Gasteiger partial charge in [-0.3, -0.25) is 4.79 Å². The predicted octanol–water partition coefficient (Wildman–Crippen LogP) is 1.96. The van der Waals surface area contributed by atoms with Gasteiger partial charge in [-0.25, -0.2) is 9.97 Å². The van der Waals surface area contributed by atoms with Gasteiger partial charge in [0.15, 0.2) is 5.65 Å². The summed E-state index contributed by atoms with van der Waals surface area (Å²) >= 11 is 5.82. The van der Waals surface area contributed by atoms with E-state index in [2.05, 4.69) is 9.97 Å². The molecule has 0 bridgehead atoms. The first-order chi connectivity index (χ1) is 9.04. The predicted molar refractivity (Wildman–Crippen MR) is 75.2 cm³/mol. The largest absolute Gasteiger partial charge is 0.370 e. The van der Waals surface area contributed by atoms with Crippen molar-refractivity contribution in [3.05, 3.63) is 23.7 Å². The summed E-state index contributed by atoms with van der Waals surface area (Å²) in [5.41, 5.74) is 7.99. The second-order valence-electron chi connectivity index (χ2n) is 4.66. The van der Waals surface area contributed by atoms with E-state index in [1.54, 1.807) is 6.20 Å². The molecular weight excluding hydrogens is 264 g/mol. The van der Waals surface area contributed by atoms with Gasteiger partial charge in [0.2, 0.25) is 5.91 Å². The zero-order chi connectivity index (χ0) is 14.0. The molecule has 0 saturated carbocycles. The third kappa shape index (κ3) is 2.71. The lowest BCUT2D eigenvalue weighted by Gasteiger charge is -2.15. The molecule has 0 fully saturated rings. The van der Waals surface area contributed by atoms with Crippen LogP contribution in [0.25, 0.3) is 11.2 Å². The minimum Gasteiger partial charge on any atom is -0.370 e. The molecule has 19 heavy (non-hydrogen) atoms. The molecule has 0 aliphatic carbocycles. The van der Waals surface area contributed by atoms with E-state index in [-0.39, 0.29) is 18.4 Å². The van der Waals surface area contributed by atoms with E-state index in [4.69, 9.17) is 17.3 Å². The van der Waals surface area contributed by atoms with Crippen LogP contribution in [0.15, 0.2) is 12.3 Å². The summed E-state index contributed by atoms with van der Waals surface area (Å²) in [5.74, 6) is 0.991. The number of aryl methyl sites for hydroxylation is 2. The minimum absolute atomic E-state index is 0.0741. The quantitative estimate of drug-likeness (QED) is 0.851. The van der Waals surface area contributed by atoms with Crippen molar-refractivity contribution in [1.82, 2.24) is 14.5 Å². The number of amides is 1. The molecule has 6 heteroatoms. The number of rotatable bonds is 5. The monoisotopic (exact) mass is 280 g/mol. The van der Waals surface area contributed by atoms with Crippen molar-refractivity contribution in [2.75, 3.05) is 5.88 Å². The van der Waals surface area contributed by atoms with Crippen LogP contribution in [0, 0.1) is 6.92 Å². The van der Waals surface area contributed by atoms with Crippen molar-refractivity contribution in [1.29, 1.82) is 0 Å². The fourth-order valence-electron chi connectivity index (χ4n) is 2.26. The van der Waals surface area contributed by atoms with E-state index in [1.807, 2.05) is 24.5 Å². The van der Waals surface area contributed by atoms with Crippen LogP contribution in [0.4, 0.5) is 0 Å². The van der Waals surface area contributed by atoms with Gasteiger partial charge in [0.25, 0.3) is 0 Å². The summed E-state index contributed by atoms with van der Waals surface area (Å²) in [7, 11) is 0. The minimum atomic E-state index is -0.334. The lowest BCUT2D eigenvalue weighted by molar-refractivity contribution is -0.118. The molecule has 1 amide bonds. The topological polar surface area (TPSA) is 73.8 Å². The Morgan fingerprint density at radius 2 is 2.32 bits per heavy atom. The molecular formula is C13H17ClN4O. The van der Waals surface area contributed by atoms with Crippen LogP contribution in [-0.2, 0) is 11.2 Å². The molecule has 0 saturated heterocycles. The highest BCUT2D eigenvalue weighted by molar-refractivity contribution is 6.17. The van der Waals surface area contributed by atoms with Crippen LogP contribution < -0.4 is 5.73 Å². The molecule has 2 heterocycles. The number of carbonyl (C=O) groups is 1. The zero-order valence-corrected chi connectivity index (χ0v) is 11.8. The molecule has 0 radical (unpaired) electrons. The second kappa shape index (κ2) is 5.57. The van der Waals surface area contributed by atoms with Gasteiger partial charge >= 0.3 is 0 Å². The summed E-state index contributed by atoms with van der Waals surface area (Å²) in [5, 5.41) is 0. The first-order valence-electron chi connectivity index (χ1n) is 6.21. The number of primary amides is 1. The summed E-state index contributed by atoms with van der Waals surface area (Å²) in [6.07, 6.45) is 2.65. The summed E-state index contributed by atoms with van der Waals surface area (Å²) in [6.45, 7) is 3.93. The van der Waals surface area contributed by atoms with Crippen molar-refractivity contribution in [2.45, 2.75) is 32.7 Å². The Kier molecular flexibility index (Phi) is 4.04. The highest BCUT2D eigenvalue weighted by Crippen LogP contribution is 2.24. The van der Waals surface area contributed by atoms with Gasteiger partial charge in [-0.15, -0.1) is 11.6 Å². The Labute approximate surface area is 116 Å². The lowest BCUT2D eigenvalue weighted by atomic mass is 10.2. The van der Waals surface area contributed by atoms with Crippen molar-refractivity contribution < 1.29 is 4.79 Å². The Morgan fingerprint density at radius 3 is 2.95 bits per heavy atom. The number of aromatic nitrogens is 3. The molecule has 2 aromatic heterocycles. The highest BCUT2D eigenvalue weighted by atomic mass is 35.5. The lowest BCUT2D eigenvalue weighted by Crippen LogP contribution is -2.19. The number of pyridine rings is 1. The van der Waals surface area contributed by atoms with Crippen LogP contribution in [0.1, 0.15) is 30.8 Å². The van der Waals surface area contributed by atoms with Crippen LogP contribution in [0.5, 0.6) is 0 Å². The number of carbonyl (C=O) groups excluding carboxylic acids is 1. The maximum Gasteiger partial charge on any atom is 0.219 e. The standard InChI is InChI=1S/C13H17ClN4O/c1-8-4-6-16-13-12(8)17-11(3-5-14)18(13)9(2)7-10(15)19/h4,6,9H,3,5,7H2,1-2H3,(H2,15,19). The number of nitrogens with two attached hydrogens (primary N) is 1. The Bertz CT molecular complexity index is 608. The average molecular weight is 281 g/mol. The molecule has 0 aliphatic rings. The number of imidazole rings is 1. The third-order valence-electron chi connectivity index (χ3n) is 3.11. The van der Waals surface area contributed by atoms with Crippen LogP contribution >= 0.6 is 11.6 Å². The number of fused-ring (bicyclic) bond motifs is 1. The number of halogens is 1. The van der Waals surface area contributed by atoms with Gasteiger partial charge in [-0.05, 0) is 25.5 Å². The first kappa shape index (κ1) is 13.8. The maximum absolute atomic E-state index is 11.1. The fraction of sp³-hybridized carbons (Fsp3) is 0.462. The second-order valence-corrected chi connectivity index (χ2v) is 5.03. The van der Waals surface area contributed by atoms with Gasteiger partial charge < -0.3 is 10.3 Å². The molecule has 0 spiro atoms. The molecule has 2 aromatic rings. The Morgan fingerprint density at radius 1 is 1.58 bits per heavy atom. The van der Waals surface area contributed by atoms with Crippen molar-refractivity contribution >= 4 is 28.7 Å². The summed E-state index contributed by atoms with van der Waals surface area (Å²) in [6, 6.07) is 1.85. The molecule has 2 rings (SSSR count). The Balaban J connectivity index is 2.58. The van der Waals surface area contributed by atoms with Crippen LogP contribution in [0.3, 0.4) is 0 Å². The van der Waals surface area contributed by atoms with E-state index in [0.717, 1.165) is 22.6 Å². The van der Waals surface area contributed by atoms with Crippen LogP contribution in [0.2, 0.25) is 0 Å². The fourth-order valence-corrected chi connectivity index (χ4v) is 2.43. The smallest absolute Gasteiger partial charge is 0.219 e. The summed E-state index contributed by atoms with van der Waals surface area (Å²) < 4.78 is 1.97. The number of hydrogen-bond donors (Lipinski definition) is 1. The number of alkyl halides is 1. The molecule has 1 unspecified atom stereocenters. The van der Waals surface area contributed by atoms with Crippen LogP contribution in [-0.4, -0.2) is 26.3 Å². The number of nitrogens with zero attached hydrogens (tertiary/aromatic N) is 3. The van der Waals surface area contributed by atoms with Gasteiger partial charge in [0, 0.05) is 31.0 Å². The number of hydrogen-bond acceptors (Lipinski definition) is 3. The molecule has 2 N–H and O–H groups in total. The van der Waals surface area contributed by atoms with Crippen molar-refractivity contribution in [2.24, 2.45) is 5.73 Å². The van der Waals surface area contributed by atoms with E-state index >= 15 is 0 Å².